The molecule has 3 aromatic rings. The van der Waals surface area contributed by atoms with Gasteiger partial charge in [-0.25, -0.2) is 0 Å². The monoisotopic (exact) mass is 472 g/mol. The third kappa shape index (κ3) is 5.45. The fourth-order valence-corrected chi connectivity index (χ4v) is 6.14. The molecule has 0 spiro atoms. The van der Waals surface area contributed by atoms with E-state index in [1.165, 1.54) is 27.1 Å². The summed E-state index contributed by atoms with van der Waals surface area (Å²) < 4.78 is 13.5. The van der Waals surface area contributed by atoms with E-state index < -0.39 is 0 Å². The first-order valence-electron chi connectivity index (χ1n) is 12.4. The van der Waals surface area contributed by atoms with Crippen molar-refractivity contribution in [1.29, 1.82) is 0 Å². The van der Waals surface area contributed by atoms with Crippen molar-refractivity contribution < 1.29 is 9.31 Å². The molecule has 0 amide bonds. The number of hydrogen-bond acceptors (Lipinski definition) is 3. The first kappa shape index (κ1) is 25.1. The highest BCUT2D eigenvalue weighted by Gasteiger charge is 2.55. The lowest BCUT2D eigenvalue weighted by molar-refractivity contribution is 0.00578. The van der Waals surface area contributed by atoms with Gasteiger partial charge in [-0.15, -0.1) is 11.8 Å². The second-order valence-electron chi connectivity index (χ2n) is 10.4. The molecular formula is C30H37BO2S. The normalized spacial score (nSPS) is 18.6. The van der Waals surface area contributed by atoms with Gasteiger partial charge in [0.1, 0.15) is 0 Å². The molecule has 0 aromatic heterocycles. The summed E-state index contributed by atoms with van der Waals surface area (Å²) in [5.41, 5.74) is 4.61. The summed E-state index contributed by atoms with van der Waals surface area (Å²) in [6, 6.07) is 28.2. The maximum Gasteiger partial charge on any atom is 0.467 e. The summed E-state index contributed by atoms with van der Waals surface area (Å²) in [6.45, 7) is 13.1. The molecule has 0 saturated carbocycles. The fraction of sp³-hybridized carbons (Fsp3) is 0.400. The summed E-state index contributed by atoms with van der Waals surface area (Å²) in [4.78, 5) is 1.29. The van der Waals surface area contributed by atoms with E-state index in [2.05, 4.69) is 120 Å². The molecule has 1 fully saturated rings. The molecule has 1 heterocycles. The summed E-state index contributed by atoms with van der Waals surface area (Å²) in [7, 11) is -0.304. The Balaban J connectivity index is 1.76. The van der Waals surface area contributed by atoms with Crippen LogP contribution in [0.15, 0.2) is 83.8 Å². The number of hydrogen-bond donors (Lipinski definition) is 0. The number of benzene rings is 3. The van der Waals surface area contributed by atoms with Crippen LogP contribution in [0.5, 0.6) is 0 Å². The van der Waals surface area contributed by atoms with Crippen molar-refractivity contribution in [3.8, 4) is 0 Å². The van der Waals surface area contributed by atoms with Crippen LogP contribution in [-0.2, 0) is 15.7 Å². The van der Waals surface area contributed by atoms with E-state index in [0.717, 1.165) is 12.8 Å². The summed E-state index contributed by atoms with van der Waals surface area (Å²) in [5, 5.41) is 0.289. The molecule has 0 N–H and O–H groups in total. The lowest BCUT2D eigenvalue weighted by Gasteiger charge is -2.32. The van der Waals surface area contributed by atoms with Crippen molar-refractivity contribution in [2.45, 2.75) is 81.5 Å². The van der Waals surface area contributed by atoms with E-state index in [9.17, 15) is 0 Å². The topological polar surface area (TPSA) is 18.5 Å². The van der Waals surface area contributed by atoms with Crippen molar-refractivity contribution in [3.05, 3.63) is 101 Å². The third-order valence-electron chi connectivity index (χ3n) is 7.43. The highest BCUT2D eigenvalue weighted by Crippen LogP contribution is 2.47. The Labute approximate surface area is 210 Å². The zero-order valence-corrected chi connectivity index (χ0v) is 22.2. The van der Waals surface area contributed by atoms with E-state index in [1.54, 1.807) is 0 Å². The average molecular weight is 473 g/mol. The van der Waals surface area contributed by atoms with Gasteiger partial charge in [0.05, 0.1) is 11.2 Å². The van der Waals surface area contributed by atoms with E-state index >= 15 is 0 Å². The van der Waals surface area contributed by atoms with Gasteiger partial charge in [-0.1, -0.05) is 66.7 Å². The Hall–Kier alpha value is -2.01. The zero-order valence-electron chi connectivity index (χ0n) is 21.4. The van der Waals surface area contributed by atoms with Crippen LogP contribution in [0.4, 0.5) is 0 Å². The molecule has 1 aliphatic heterocycles. The minimum Gasteiger partial charge on any atom is -0.403 e. The van der Waals surface area contributed by atoms with Crippen LogP contribution < -0.4 is 0 Å². The maximum absolute atomic E-state index is 6.73. The second kappa shape index (κ2) is 10.3. The molecule has 1 saturated heterocycles. The van der Waals surface area contributed by atoms with E-state index in [0.29, 0.717) is 0 Å². The Morgan fingerprint density at radius 3 is 1.82 bits per heavy atom. The molecule has 178 valence electrons. The van der Waals surface area contributed by atoms with Crippen LogP contribution in [0.3, 0.4) is 0 Å². The molecule has 4 heteroatoms. The van der Waals surface area contributed by atoms with Gasteiger partial charge >= 0.3 is 7.12 Å². The minimum atomic E-state index is -0.367. The minimum absolute atomic E-state index is 0.108. The fourth-order valence-electron chi connectivity index (χ4n) is 4.82. The van der Waals surface area contributed by atoms with Crippen molar-refractivity contribution >= 4 is 18.9 Å². The Bertz CT molecular complexity index is 1050. The van der Waals surface area contributed by atoms with Gasteiger partial charge in [0, 0.05) is 16.0 Å². The van der Waals surface area contributed by atoms with Gasteiger partial charge in [0.2, 0.25) is 0 Å². The number of rotatable bonds is 8. The number of aryl methyl sites for hydroxylation is 3. The van der Waals surface area contributed by atoms with Crippen LogP contribution in [0, 0.1) is 13.8 Å². The third-order valence-corrected chi connectivity index (χ3v) is 8.81. The van der Waals surface area contributed by atoms with Gasteiger partial charge in [0.25, 0.3) is 0 Å². The van der Waals surface area contributed by atoms with Crippen LogP contribution in [-0.4, -0.2) is 23.6 Å². The standard InChI is InChI=1S/C30H37BO2S/c1-22-14-13-15-23(2)27(22)28(31-32-29(3,4)30(5,6)33-31)26(34-25-18-11-8-12-19-25)21-20-24-16-9-7-10-17-24/h7-19,26,28H,20-21H2,1-6H3/t26-,28+/m0/s1. The molecule has 4 rings (SSSR count). The van der Waals surface area contributed by atoms with Crippen LogP contribution in [0.1, 0.15) is 62.2 Å². The molecule has 0 aliphatic carbocycles. The first-order chi connectivity index (χ1) is 16.2. The number of thioether (sulfide) groups is 1. The lowest BCUT2D eigenvalue weighted by atomic mass is 9.63. The summed E-state index contributed by atoms with van der Waals surface area (Å²) in [5.74, 6) is 0.108. The van der Waals surface area contributed by atoms with Crippen molar-refractivity contribution in [1.82, 2.24) is 0 Å². The van der Waals surface area contributed by atoms with Gasteiger partial charge in [0.15, 0.2) is 0 Å². The smallest absolute Gasteiger partial charge is 0.403 e. The SMILES string of the molecule is Cc1cccc(C)c1[C@H](B1OC(C)(C)C(C)(C)O1)[C@H](CCc1ccccc1)Sc1ccccc1. The first-order valence-corrected chi connectivity index (χ1v) is 13.2. The maximum atomic E-state index is 6.73. The molecule has 3 aromatic carbocycles. The predicted octanol–water partition coefficient (Wildman–Crippen LogP) is 7.81. The Morgan fingerprint density at radius 2 is 1.26 bits per heavy atom. The predicted molar refractivity (Wildman–Crippen MR) is 146 cm³/mol. The molecule has 0 unspecified atom stereocenters. The van der Waals surface area contributed by atoms with Gasteiger partial charge in [-0.2, -0.15) is 0 Å². The molecule has 0 radical (unpaired) electrons. The highest BCUT2D eigenvalue weighted by atomic mass is 32.2. The van der Waals surface area contributed by atoms with Gasteiger partial charge in [-0.05, 0) is 88.8 Å². The molecule has 0 bridgehead atoms. The Kier molecular flexibility index (Phi) is 7.61. The highest BCUT2D eigenvalue weighted by molar-refractivity contribution is 8.00. The zero-order chi connectivity index (χ0) is 24.3. The van der Waals surface area contributed by atoms with Crippen LogP contribution >= 0.6 is 11.8 Å². The molecular weight excluding hydrogens is 435 g/mol. The second-order valence-corrected chi connectivity index (χ2v) is 11.8. The van der Waals surface area contributed by atoms with Crippen molar-refractivity contribution in [2.75, 3.05) is 0 Å². The van der Waals surface area contributed by atoms with Gasteiger partial charge in [-0.3, -0.25) is 0 Å². The summed E-state index contributed by atoms with van der Waals surface area (Å²) >= 11 is 1.96. The Morgan fingerprint density at radius 1 is 0.735 bits per heavy atom. The lowest BCUT2D eigenvalue weighted by Crippen LogP contribution is -2.41. The van der Waals surface area contributed by atoms with Crippen molar-refractivity contribution in [2.24, 2.45) is 0 Å². The molecule has 34 heavy (non-hydrogen) atoms. The van der Waals surface area contributed by atoms with E-state index in [4.69, 9.17) is 9.31 Å². The van der Waals surface area contributed by atoms with E-state index in [1.807, 2.05) is 11.8 Å². The molecule has 1 aliphatic rings. The van der Waals surface area contributed by atoms with E-state index in [-0.39, 0.29) is 29.4 Å². The van der Waals surface area contributed by atoms with Gasteiger partial charge < -0.3 is 9.31 Å². The summed E-state index contributed by atoms with van der Waals surface area (Å²) in [6.07, 6.45) is 2.05. The van der Waals surface area contributed by atoms with Crippen molar-refractivity contribution in [3.63, 3.8) is 0 Å². The van der Waals surface area contributed by atoms with Crippen LogP contribution in [0.2, 0.25) is 0 Å². The quantitative estimate of drug-likeness (QED) is 0.246. The average Bonchev–Trinajstić information content (AvgIpc) is 3.02. The van der Waals surface area contributed by atoms with Crippen LogP contribution in [0.25, 0.3) is 0 Å². The molecule has 2 atom stereocenters. The largest absolute Gasteiger partial charge is 0.467 e. The molecule has 2 nitrogen and oxygen atoms in total.